The minimum Gasteiger partial charge on any atom is -0.496 e. The van der Waals surface area contributed by atoms with E-state index in [2.05, 4.69) is 5.32 Å². The molecule has 0 saturated carbocycles. The third-order valence-corrected chi connectivity index (χ3v) is 6.76. The summed E-state index contributed by atoms with van der Waals surface area (Å²) < 4.78 is 37.4. The summed E-state index contributed by atoms with van der Waals surface area (Å²) in [6, 6.07) is 12.5. The van der Waals surface area contributed by atoms with Gasteiger partial charge in [-0.15, -0.1) is 0 Å². The Morgan fingerprint density at radius 2 is 1.83 bits per heavy atom. The van der Waals surface area contributed by atoms with E-state index in [-0.39, 0.29) is 18.2 Å². The van der Waals surface area contributed by atoms with Gasteiger partial charge in [0.2, 0.25) is 10.0 Å². The van der Waals surface area contributed by atoms with Gasteiger partial charge in [0.05, 0.1) is 26.1 Å². The molecule has 8 heteroatoms. The standard InChI is InChI=1S/C21H26N2O5S/c1-16-7-8-17(13-20(16)27-2)21(24)22-14-18-5-3-4-6-19(18)15-29(25,26)23-9-11-28-12-10-23/h3-8,13H,9-12,14-15H2,1-2H3,(H,22,24). The average molecular weight is 419 g/mol. The lowest BCUT2D eigenvalue weighted by molar-refractivity contribution is 0.0729. The number of ether oxygens (including phenoxy) is 2. The van der Waals surface area contributed by atoms with Gasteiger partial charge in [-0.3, -0.25) is 4.79 Å². The molecule has 156 valence electrons. The Labute approximate surface area is 171 Å². The van der Waals surface area contributed by atoms with E-state index in [1.54, 1.807) is 31.4 Å². The number of hydrogen-bond donors (Lipinski definition) is 1. The monoisotopic (exact) mass is 418 g/mol. The molecule has 7 nitrogen and oxygen atoms in total. The highest BCUT2D eigenvalue weighted by atomic mass is 32.2. The summed E-state index contributed by atoms with van der Waals surface area (Å²) in [4.78, 5) is 12.5. The lowest BCUT2D eigenvalue weighted by Crippen LogP contribution is -2.41. The molecule has 1 N–H and O–H groups in total. The zero-order valence-electron chi connectivity index (χ0n) is 16.7. The summed E-state index contributed by atoms with van der Waals surface area (Å²) in [5.41, 5.74) is 2.89. The van der Waals surface area contributed by atoms with Gasteiger partial charge in [-0.25, -0.2) is 8.42 Å². The lowest BCUT2D eigenvalue weighted by atomic mass is 10.1. The molecule has 0 radical (unpaired) electrons. The van der Waals surface area contributed by atoms with E-state index in [1.807, 2.05) is 25.1 Å². The van der Waals surface area contributed by atoms with Crippen LogP contribution in [0.5, 0.6) is 5.75 Å². The highest BCUT2D eigenvalue weighted by Crippen LogP contribution is 2.20. The highest BCUT2D eigenvalue weighted by molar-refractivity contribution is 7.88. The highest BCUT2D eigenvalue weighted by Gasteiger charge is 2.25. The number of benzene rings is 2. The van der Waals surface area contributed by atoms with Gasteiger partial charge in [-0.05, 0) is 35.7 Å². The fraction of sp³-hybridized carbons (Fsp3) is 0.381. The zero-order valence-corrected chi connectivity index (χ0v) is 17.5. The van der Waals surface area contributed by atoms with Gasteiger partial charge in [0, 0.05) is 25.2 Å². The summed E-state index contributed by atoms with van der Waals surface area (Å²) in [5.74, 6) is 0.306. The third-order valence-electron chi connectivity index (χ3n) is 4.93. The largest absolute Gasteiger partial charge is 0.496 e. The van der Waals surface area contributed by atoms with Crippen LogP contribution in [-0.2, 0) is 27.1 Å². The number of carbonyl (C=O) groups is 1. The number of carbonyl (C=O) groups excluding carboxylic acids is 1. The van der Waals surface area contributed by atoms with Crippen LogP contribution >= 0.6 is 0 Å². The van der Waals surface area contributed by atoms with Crippen molar-refractivity contribution in [1.82, 2.24) is 9.62 Å². The predicted octanol–water partition coefficient (Wildman–Crippen LogP) is 2.10. The topological polar surface area (TPSA) is 84.9 Å². The first-order valence-electron chi connectivity index (χ1n) is 9.46. The van der Waals surface area contributed by atoms with Gasteiger partial charge >= 0.3 is 0 Å². The Bertz CT molecular complexity index is 969. The normalized spacial score (nSPS) is 15.1. The molecule has 1 fully saturated rings. The van der Waals surface area contributed by atoms with Crippen LogP contribution in [0.25, 0.3) is 0 Å². The Hall–Kier alpha value is -2.42. The van der Waals surface area contributed by atoms with Crippen LogP contribution in [0.4, 0.5) is 0 Å². The molecule has 1 aliphatic rings. The smallest absolute Gasteiger partial charge is 0.251 e. The number of morpholine rings is 1. The van der Waals surface area contributed by atoms with E-state index in [0.29, 0.717) is 43.2 Å². The van der Waals surface area contributed by atoms with Gasteiger partial charge in [-0.2, -0.15) is 4.31 Å². The number of hydrogen-bond acceptors (Lipinski definition) is 5. The van der Waals surface area contributed by atoms with Crippen LogP contribution in [0.2, 0.25) is 0 Å². The quantitative estimate of drug-likeness (QED) is 0.744. The van der Waals surface area contributed by atoms with Crippen molar-refractivity contribution < 1.29 is 22.7 Å². The fourth-order valence-electron chi connectivity index (χ4n) is 3.22. The van der Waals surface area contributed by atoms with E-state index >= 15 is 0 Å². The van der Waals surface area contributed by atoms with Crippen LogP contribution in [-0.4, -0.2) is 52.0 Å². The maximum atomic E-state index is 12.7. The van der Waals surface area contributed by atoms with E-state index in [0.717, 1.165) is 11.1 Å². The van der Waals surface area contributed by atoms with E-state index in [1.165, 1.54) is 4.31 Å². The minimum atomic E-state index is -3.44. The van der Waals surface area contributed by atoms with Crippen molar-refractivity contribution in [2.75, 3.05) is 33.4 Å². The molecular weight excluding hydrogens is 392 g/mol. The van der Waals surface area contributed by atoms with E-state index in [9.17, 15) is 13.2 Å². The van der Waals surface area contributed by atoms with Crippen molar-refractivity contribution in [3.05, 3.63) is 64.7 Å². The van der Waals surface area contributed by atoms with Gasteiger partial charge < -0.3 is 14.8 Å². The molecule has 0 unspecified atom stereocenters. The van der Waals surface area contributed by atoms with Crippen LogP contribution < -0.4 is 10.1 Å². The Balaban J connectivity index is 1.70. The van der Waals surface area contributed by atoms with E-state index in [4.69, 9.17) is 9.47 Å². The van der Waals surface area contributed by atoms with Crippen molar-refractivity contribution in [1.29, 1.82) is 0 Å². The van der Waals surface area contributed by atoms with Gasteiger partial charge in [0.1, 0.15) is 5.75 Å². The molecule has 0 bridgehead atoms. The Morgan fingerprint density at radius 1 is 1.14 bits per heavy atom. The molecule has 2 aromatic carbocycles. The molecule has 0 aromatic heterocycles. The van der Waals surface area contributed by atoms with Crippen LogP contribution in [0.15, 0.2) is 42.5 Å². The van der Waals surface area contributed by atoms with Gasteiger partial charge in [0.25, 0.3) is 5.91 Å². The fourth-order valence-corrected chi connectivity index (χ4v) is 4.78. The van der Waals surface area contributed by atoms with Gasteiger partial charge in [-0.1, -0.05) is 30.3 Å². The summed E-state index contributed by atoms with van der Waals surface area (Å²) >= 11 is 0. The molecule has 0 atom stereocenters. The summed E-state index contributed by atoms with van der Waals surface area (Å²) in [6.45, 7) is 3.72. The van der Waals surface area contributed by atoms with Crippen LogP contribution in [0.3, 0.4) is 0 Å². The molecule has 1 saturated heterocycles. The second-order valence-electron chi connectivity index (χ2n) is 6.90. The molecule has 1 aliphatic heterocycles. The zero-order chi connectivity index (χ0) is 20.9. The molecule has 0 aliphatic carbocycles. The molecule has 2 aromatic rings. The maximum Gasteiger partial charge on any atom is 0.251 e. The third kappa shape index (κ3) is 5.35. The second-order valence-corrected chi connectivity index (χ2v) is 8.87. The minimum absolute atomic E-state index is 0.0998. The number of nitrogens with one attached hydrogen (secondary N) is 1. The van der Waals surface area contributed by atoms with E-state index < -0.39 is 10.0 Å². The lowest BCUT2D eigenvalue weighted by Gasteiger charge is -2.26. The van der Waals surface area contributed by atoms with Crippen molar-refractivity contribution in [2.24, 2.45) is 0 Å². The van der Waals surface area contributed by atoms with Crippen LogP contribution in [0, 0.1) is 6.92 Å². The predicted molar refractivity (Wildman–Crippen MR) is 110 cm³/mol. The average Bonchev–Trinajstić information content (AvgIpc) is 2.73. The Morgan fingerprint density at radius 3 is 2.52 bits per heavy atom. The molecule has 29 heavy (non-hydrogen) atoms. The number of nitrogens with zero attached hydrogens (tertiary/aromatic N) is 1. The van der Waals surface area contributed by atoms with Gasteiger partial charge in [0.15, 0.2) is 0 Å². The summed E-state index contributed by atoms with van der Waals surface area (Å²) in [6.07, 6.45) is 0. The SMILES string of the molecule is COc1cc(C(=O)NCc2ccccc2CS(=O)(=O)N2CCOCC2)ccc1C. The number of rotatable bonds is 7. The van der Waals surface area contributed by atoms with Crippen molar-refractivity contribution >= 4 is 15.9 Å². The first-order valence-corrected chi connectivity index (χ1v) is 11.1. The van der Waals surface area contributed by atoms with Crippen molar-refractivity contribution in [3.8, 4) is 5.75 Å². The number of sulfonamides is 1. The van der Waals surface area contributed by atoms with Crippen LogP contribution in [0.1, 0.15) is 27.0 Å². The first-order chi connectivity index (χ1) is 13.9. The molecule has 0 spiro atoms. The van der Waals surface area contributed by atoms with Crippen molar-refractivity contribution in [2.45, 2.75) is 19.2 Å². The summed E-state index contributed by atoms with van der Waals surface area (Å²) in [5, 5.41) is 2.87. The molecular formula is C21H26N2O5S. The summed E-state index contributed by atoms with van der Waals surface area (Å²) in [7, 11) is -1.87. The van der Waals surface area contributed by atoms with Crippen molar-refractivity contribution in [3.63, 3.8) is 0 Å². The number of aryl methyl sites for hydroxylation is 1. The maximum absolute atomic E-state index is 12.7. The molecule has 1 amide bonds. The number of amides is 1. The first kappa shape index (κ1) is 21.3. The number of methoxy groups -OCH3 is 1. The Kier molecular flexibility index (Phi) is 6.89. The molecule has 1 heterocycles. The molecule has 3 rings (SSSR count). The second kappa shape index (κ2) is 9.39.